The summed E-state index contributed by atoms with van der Waals surface area (Å²) in [5.41, 5.74) is 0.665. The van der Waals surface area contributed by atoms with Gasteiger partial charge in [-0.05, 0) is 42.5 Å². The lowest BCUT2D eigenvalue weighted by molar-refractivity contribution is 0.0565. The molecular formula is C20H12ClNO6. The fourth-order valence-corrected chi connectivity index (χ4v) is 2.93. The lowest BCUT2D eigenvalue weighted by Gasteiger charge is -2.05. The fraction of sp³-hybridized carbons (Fsp3) is 0.0500. The summed E-state index contributed by atoms with van der Waals surface area (Å²) < 4.78 is 15.4. The predicted molar refractivity (Wildman–Crippen MR) is 103 cm³/mol. The molecule has 0 spiro atoms. The molecule has 0 saturated carbocycles. The van der Waals surface area contributed by atoms with E-state index in [1.165, 1.54) is 19.2 Å². The molecule has 8 heteroatoms. The molecule has 4 aromatic rings. The van der Waals surface area contributed by atoms with Crippen LogP contribution in [0.25, 0.3) is 21.9 Å². The summed E-state index contributed by atoms with van der Waals surface area (Å²) in [6.07, 6.45) is 0. The number of benzene rings is 2. The number of esters is 1. The summed E-state index contributed by atoms with van der Waals surface area (Å²) in [7, 11) is 1.19. The number of hydrogen-bond donors (Lipinski definition) is 1. The molecule has 4 rings (SSSR count). The SMILES string of the molecule is COC(=O)c1cc(=O)c2cc(NC(=O)c3cc4cc(Cl)ccc4o3)ccc2o1. The van der Waals surface area contributed by atoms with Crippen LogP contribution in [-0.4, -0.2) is 19.0 Å². The van der Waals surface area contributed by atoms with Gasteiger partial charge in [0, 0.05) is 22.2 Å². The van der Waals surface area contributed by atoms with Gasteiger partial charge in [0.2, 0.25) is 5.76 Å². The second-order valence-electron chi connectivity index (χ2n) is 5.92. The first kappa shape index (κ1) is 17.8. The lowest BCUT2D eigenvalue weighted by Crippen LogP contribution is -2.12. The van der Waals surface area contributed by atoms with Crippen molar-refractivity contribution in [1.29, 1.82) is 0 Å². The number of carbonyl (C=O) groups excluding carboxylic acids is 2. The van der Waals surface area contributed by atoms with Gasteiger partial charge in [0.25, 0.3) is 5.91 Å². The Kier molecular flexibility index (Phi) is 4.37. The van der Waals surface area contributed by atoms with E-state index in [0.29, 0.717) is 21.7 Å². The van der Waals surface area contributed by atoms with Gasteiger partial charge in [0.05, 0.1) is 12.5 Å². The van der Waals surface area contributed by atoms with E-state index < -0.39 is 17.3 Å². The third-order valence-corrected chi connectivity index (χ3v) is 4.31. The Hall–Kier alpha value is -3.58. The summed E-state index contributed by atoms with van der Waals surface area (Å²) in [4.78, 5) is 36.3. The fourth-order valence-electron chi connectivity index (χ4n) is 2.75. The number of nitrogens with one attached hydrogen (secondary N) is 1. The Balaban J connectivity index is 1.65. The number of amides is 1. The van der Waals surface area contributed by atoms with E-state index in [1.54, 1.807) is 30.3 Å². The predicted octanol–water partition coefficient (Wildman–Crippen LogP) is 4.23. The summed E-state index contributed by atoms with van der Waals surface area (Å²) in [5, 5.41) is 4.11. The quantitative estimate of drug-likeness (QED) is 0.519. The molecule has 0 saturated heterocycles. The number of halogens is 1. The Morgan fingerprint density at radius 2 is 1.71 bits per heavy atom. The van der Waals surface area contributed by atoms with E-state index in [9.17, 15) is 14.4 Å². The number of furan rings is 1. The molecule has 0 bridgehead atoms. The molecule has 0 unspecified atom stereocenters. The van der Waals surface area contributed by atoms with Gasteiger partial charge in [-0.3, -0.25) is 9.59 Å². The van der Waals surface area contributed by atoms with Crippen molar-refractivity contribution in [1.82, 2.24) is 0 Å². The molecule has 140 valence electrons. The highest BCUT2D eigenvalue weighted by Crippen LogP contribution is 2.24. The molecule has 0 aliphatic carbocycles. The van der Waals surface area contributed by atoms with Gasteiger partial charge in [-0.2, -0.15) is 0 Å². The zero-order valence-corrected chi connectivity index (χ0v) is 15.2. The smallest absolute Gasteiger partial charge is 0.374 e. The van der Waals surface area contributed by atoms with Crippen LogP contribution in [0.5, 0.6) is 0 Å². The Morgan fingerprint density at radius 3 is 2.50 bits per heavy atom. The molecule has 28 heavy (non-hydrogen) atoms. The average molecular weight is 398 g/mol. The van der Waals surface area contributed by atoms with Gasteiger partial charge < -0.3 is 18.9 Å². The van der Waals surface area contributed by atoms with Crippen molar-refractivity contribution in [3.8, 4) is 0 Å². The van der Waals surface area contributed by atoms with Gasteiger partial charge in [0.1, 0.15) is 11.2 Å². The van der Waals surface area contributed by atoms with Crippen LogP contribution in [-0.2, 0) is 4.74 Å². The summed E-state index contributed by atoms with van der Waals surface area (Å²) >= 11 is 5.94. The van der Waals surface area contributed by atoms with Crippen LogP contribution in [0.4, 0.5) is 5.69 Å². The minimum atomic E-state index is -0.749. The lowest BCUT2D eigenvalue weighted by atomic mass is 10.2. The van der Waals surface area contributed by atoms with Crippen molar-refractivity contribution in [2.24, 2.45) is 0 Å². The van der Waals surface area contributed by atoms with Gasteiger partial charge in [-0.1, -0.05) is 11.6 Å². The minimum absolute atomic E-state index is 0.102. The van der Waals surface area contributed by atoms with Crippen molar-refractivity contribution < 1.29 is 23.2 Å². The van der Waals surface area contributed by atoms with Crippen LogP contribution in [0.2, 0.25) is 5.02 Å². The number of methoxy groups -OCH3 is 1. The van der Waals surface area contributed by atoms with E-state index in [2.05, 4.69) is 10.1 Å². The Labute approximate surface area is 162 Å². The standard InChI is InChI=1S/C20H12ClNO6/c1-26-20(25)18-9-14(23)13-8-12(3-5-16(13)28-18)22-19(24)17-7-10-6-11(21)2-4-15(10)27-17/h2-9H,1H3,(H,22,24). The second kappa shape index (κ2) is 6.86. The van der Waals surface area contributed by atoms with Gasteiger partial charge in [0.15, 0.2) is 11.2 Å². The minimum Gasteiger partial charge on any atom is -0.463 e. The molecule has 0 fully saturated rings. The van der Waals surface area contributed by atoms with Crippen LogP contribution in [0, 0.1) is 0 Å². The third kappa shape index (κ3) is 3.23. The van der Waals surface area contributed by atoms with Gasteiger partial charge in [-0.25, -0.2) is 4.79 Å². The number of fused-ring (bicyclic) bond motifs is 2. The molecular weight excluding hydrogens is 386 g/mol. The largest absolute Gasteiger partial charge is 0.463 e. The second-order valence-corrected chi connectivity index (χ2v) is 6.36. The van der Waals surface area contributed by atoms with Crippen LogP contribution in [0.3, 0.4) is 0 Å². The summed E-state index contributed by atoms with van der Waals surface area (Å²) in [5.74, 6) is -1.33. The molecule has 1 amide bonds. The average Bonchev–Trinajstić information content (AvgIpc) is 3.11. The number of hydrogen-bond acceptors (Lipinski definition) is 6. The highest BCUT2D eigenvalue weighted by atomic mass is 35.5. The molecule has 2 aromatic heterocycles. The molecule has 0 radical (unpaired) electrons. The van der Waals surface area contributed by atoms with Crippen LogP contribution in [0.1, 0.15) is 21.1 Å². The molecule has 7 nitrogen and oxygen atoms in total. The highest BCUT2D eigenvalue weighted by Gasteiger charge is 2.15. The number of rotatable bonds is 3. The van der Waals surface area contributed by atoms with Crippen molar-refractivity contribution >= 4 is 51.1 Å². The molecule has 2 aromatic carbocycles. The molecule has 2 heterocycles. The molecule has 0 atom stereocenters. The van der Waals surface area contributed by atoms with Crippen LogP contribution in [0.15, 0.2) is 62.2 Å². The van der Waals surface area contributed by atoms with Crippen molar-refractivity contribution in [3.63, 3.8) is 0 Å². The van der Waals surface area contributed by atoms with Crippen molar-refractivity contribution in [2.75, 3.05) is 12.4 Å². The van der Waals surface area contributed by atoms with Crippen molar-refractivity contribution in [3.05, 3.63) is 75.3 Å². The number of ether oxygens (including phenoxy) is 1. The monoisotopic (exact) mass is 397 g/mol. The molecule has 0 aliphatic heterocycles. The topological polar surface area (TPSA) is 98.8 Å². The maximum atomic E-state index is 12.5. The normalized spacial score (nSPS) is 10.9. The molecule has 0 aliphatic rings. The van der Waals surface area contributed by atoms with Crippen LogP contribution < -0.4 is 10.7 Å². The summed E-state index contributed by atoms with van der Waals surface area (Å²) in [6, 6.07) is 12.1. The maximum absolute atomic E-state index is 12.5. The maximum Gasteiger partial charge on any atom is 0.374 e. The Morgan fingerprint density at radius 1 is 0.964 bits per heavy atom. The highest BCUT2D eigenvalue weighted by molar-refractivity contribution is 6.31. The van der Waals surface area contributed by atoms with E-state index >= 15 is 0 Å². The summed E-state index contributed by atoms with van der Waals surface area (Å²) in [6.45, 7) is 0. The van der Waals surface area contributed by atoms with E-state index in [-0.39, 0.29) is 22.5 Å². The van der Waals surface area contributed by atoms with Crippen molar-refractivity contribution in [2.45, 2.75) is 0 Å². The first-order valence-electron chi connectivity index (χ1n) is 8.11. The van der Waals surface area contributed by atoms with E-state index in [4.69, 9.17) is 20.4 Å². The zero-order chi connectivity index (χ0) is 19.8. The zero-order valence-electron chi connectivity index (χ0n) is 14.4. The van der Waals surface area contributed by atoms with Gasteiger partial charge >= 0.3 is 5.97 Å². The molecule has 1 N–H and O–H groups in total. The first-order valence-corrected chi connectivity index (χ1v) is 8.49. The number of anilines is 1. The van der Waals surface area contributed by atoms with E-state index in [0.717, 1.165) is 6.07 Å². The van der Waals surface area contributed by atoms with E-state index in [1.807, 2.05) is 0 Å². The number of carbonyl (C=O) groups is 2. The third-order valence-electron chi connectivity index (χ3n) is 4.07. The first-order chi connectivity index (χ1) is 13.4. The Bertz CT molecular complexity index is 1300. The van der Waals surface area contributed by atoms with Crippen LogP contribution >= 0.6 is 11.6 Å². The van der Waals surface area contributed by atoms with Gasteiger partial charge in [-0.15, -0.1) is 0 Å².